The molecule has 0 aromatic rings. The number of hydrogen-bond acceptors (Lipinski definition) is 2. The first-order valence-electron chi connectivity index (χ1n) is 4.84. The molecule has 2 unspecified atom stereocenters. The van der Waals surface area contributed by atoms with Crippen LogP contribution in [-0.4, -0.2) is 22.9 Å². The van der Waals surface area contributed by atoms with E-state index in [1.54, 1.807) is 0 Å². The van der Waals surface area contributed by atoms with E-state index >= 15 is 0 Å². The van der Waals surface area contributed by atoms with Gasteiger partial charge in [-0.3, -0.25) is 0 Å². The maximum absolute atomic E-state index is 9.62. The first-order valence-corrected chi connectivity index (χ1v) is 4.84. The summed E-state index contributed by atoms with van der Waals surface area (Å²) in [5.41, 5.74) is 0.360. The minimum absolute atomic E-state index is 0.176. The lowest BCUT2D eigenvalue weighted by Gasteiger charge is -2.38. The van der Waals surface area contributed by atoms with Crippen molar-refractivity contribution in [2.45, 2.75) is 45.6 Å². The van der Waals surface area contributed by atoms with Crippen LogP contribution in [0.4, 0.5) is 0 Å². The standard InChI is InChI=1S/C10H20O2/c1-10(2)5-3-9(12)8(7-10)4-6-11/h8-9,11-12H,3-7H2,1-2H3. The fraction of sp³-hybridized carbons (Fsp3) is 1.00. The maximum atomic E-state index is 9.62. The highest BCUT2D eigenvalue weighted by molar-refractivity contribution is 4.84. The molecule has 72 valence electrons. The Morgan fingerprint density at radius 2 is 2.08 bits per heavy atom. The summed E-state index contributed by atoms with van der Waals surface area (Å²) in [6.07, 6.45) is 3.64. The summed E-state index contributed by atoms with van der Waals surface area (Å²) < 4.78 is 0. The smallest absolute Gasteiger partial charge is 0.0569 e. The fourth-order valence-electron chi connectivity index (χ4n) is 2.18. The lowest BCUT2D eigenvalue weighted by atomic mass is 9.70. The molecule has 1 saturated carbocycles. The summed E-state index contributed by atoms with van der Waals surface area (Å²) in [5, 5.41) is 18.4. The van der Waals surface area contributed by atoms with Crippen LogP contribution in [0.25, 0.3) is 0 Å². The van der Waals surface area contributed by atoms with E-state index in [0.717, 1.165) is 25.7 Å². The molecule has 0 spiro atoms. The Kier molecular flexibility index (Phi) is 3.13. The van der Waals surface area contributed by atoms with Crippen LogP contribution in [0.2, 0.25) is 0 Å². The van der Waals surface area contributed by atoms with E-state index in [1.165, 1.54) is 0 Å². The average molecular weight is 172 g/mol. The zero-order chi connectivity index (χ0) is 9.19. The van der Waals surface area contributed by atoms with E-state index in [-0.39, 0.29) is 12.7 Å². The minimum atomic E-state index is -0.176. The molecule has 0 saturated heterocycles. The molecule has 2 nitrogen and oxygen atoms in total. The van der Waals surface area contributed by atoms with Gasteiger partial charge in [0.25, 0.3) is 0 Å². The SMILES string of the molecule is CC1(C)CCC(O)C(CCO)C1. The van der Waals surface area contributed by atoms with Crippen molar-refractivity contribution in [3.8, 4) is 0 Å². The zero-order valence-corrected chi connectivity index (χ0v) is 8.08. The second-order valence-electron chi connectivity index (χ2n) is 4.75. The summed E-state index contributed by atoms with van der Waals surface area (Å²) in [6.45, 7) is 4.68. The third-order valence-corrected chi connectivity index (χ3v) is 2.98. The average Bonchev–Trinajstić information content (AvgIpc) is 1.97. The first-order chi connectivity index (χ1) is 5.55. The van der Waals surface area contributed by atoms with Crippen LogP contribution in [0.5, 0.6) is 0 Å². The normalized spacial score (nSPS) is 35.0. The molecule has 1 aliphatic carbocycles. The molecule has 1 rings (SSSR count). The Labute approximate surface area is 74.6 Å². The minimum Gasteiger partial charge on any atom is -0.396 e. The Morgan fingerprint density at radius 1 is 1.42 bits per heavy atom. The van der Waals surface area contributed by atoms with Crippen molar-refractivity contribution in [3.63, 3.8) is 0 Å². The predicted molar refractivity (Wildman–Crippen MR) is 48.8 cm³/mol. The van der Waals surface area contributed by atoms with Gasteiger partial charge in [0, 0.05) is 6.61 Å². The number of hydrogen-bond donors (Lipinski definition) is 2. The topological polar surface area (TPSA) is 40.5 Å². The Morgan fingerprint density at radius 3 is 2.67 bits per heavy atom. The summed E-state index contributed by atoms with van der Waals surface area (Å²) in [4.78, 5) is 0. The summed E-state index contributed by atoms with van der Waals surface area (Å²) in [5.74, 6) is 0.318. The van der Waals surface area contributed by atoms with E-state index in [9.17, 15) is 5.11 Å². The van der Waals surface area contributed by atoms with E-state index < -0.39 is 0 Å². The number of aliphatic hydroxyl groups is 2. The molecule has 1 fully saturated rings. The van der Waals surface area contributed by atoms with Crippen LogP contribution < -0.4 is 0 Å². The molecule has 1 aliphatic rings. The quantitative estimate of drug-likeness (QED) is 0.663. The lowest BCUT2D eigenvalue weighted by molar-refractivity contribution is 0.0105. The molecule has 0 heterocycles. The highest BCUT2D eigenvalue weighted by atomic mass is 16.3. The third kappa shape index (κ3) is 2.46. The third-order valence-electron chi connectivity index (χ3n) is 2.98. The van der Waals surface area contributed by atoms with E-state index in [4.69, 9.17) is 5.11 Å². The fourth-order valence-corrected chi connectivity index (χ4v) is 2.18. The maximum Gasteiger partial charge on any atom is 0.0569 e. The summed E-state index contributed by atoms with van der Waals surface area (Å²) >= 11 is 0. The van der Waals surface area contributed by atoms with Crippen LogP contribution in [0.15, 0.2) is 0 Å². The molecule has 0 bridgehead atoms. The van der Waals surface area contributed by atoms with Crippen LogP contribution >= 0.6 is 0 Å². The van der Waals surface area contributed by atoms with Gasteiger partial charge in [-0.25, -0.2) is 0 Å². The Hall–Kier alpha value is -0.0800. The molecule has 12 heavy (non-hydrogen) atoms. The second kappa shape index (κ2) is 3.75. The van der Waals surface area contributed by atoms with E-state index in [0.29, 0.717) is 11.3 Å². The van der Waals surface area contributed by atoms with Crippen molar-refractivity contribution in [2.75, 3.05) is 6.61 Å². The summed E-state index contributed by atoms with van der Waals surface area (Å²) in [6, 6.07) is 0. The van der Waals surface area contributed by atoms with Crippen molar-refractivity contribution in [2.24, 2.45) is 11.3 Å². The molecule has 0 radical (unpaired) electrons. The molecule has 2 atom stereocenters. The van der Waals surface area contributed by atoms with Gasteiger partial charge >= 0.3 is 0 Å². The molecule has 2 heteroatoms. The van der Waals surface area contributed by atoms with Gasteiger partial charge in [0.15, 0.2) is 0 Å². The van der Waals surface area contributed by atoms with Crippen molar-refractivity contribution >= 4 is 0 Å². The van der Waals surface area contributed by atoms with Gasteiger partial charge in [-0.2, -0.15) is 0 Å². The van der Waals surface area contributed by atoms with Crippen molar-refractivity contribution < 1.29 is 10.2 Å². The highest BCUT2D eigenvalue weighted by Crippen LogP contribution is 2.39. The van der Waals surface area contributed by atoms with Crippen molar-refractivity contribution in [3.05, 3.63) is 0 Å². The first kappa shape index (κ1) is 10.0. The van der Waals surface area contributed by atoms with Crippen molar-refractivity contribution in [1.29, 1.82) is 0 Å². The largest absolute Gasteiger partial charge is 0.396 e. The monoisotopic (exact) mass is 172 g/mol. The molecule has 0 aromatic heterocycles. The molecule has 2 N–H and O–H groups in total. The van der Waals surface area contributed by atoms with E-state index in [1.807, 2.05) is 0 Å². The van der Waals surface area contributed by atoms with Crippen LogP contribution in [0.1, 0.15) is 39.5 Å². The lowest BCUT2D eigenvalue weighted by Crippen LogP contribution is -2.33. The molecular weight excluding hydrogens is 152 g/mol. The zero-order valence-electron chi connectivity index (χ0n) is 8.08. The second-order valence-corrected chi connectivity index (χ2v) is 4.75. The van der Waals surface area contributed by atoms with Gasteiger partial charge in [0.05, 0.1) is 6.10 Å². The summed E-state index contributed by atoms with van der Waals surface area (Å²) in [7, 11) is 0. The van der Waals surface area contributed by atoms with E-state index in [2.05, 4.69) is 13.8 Å². The van der Waals surface area contributed by atoms with Gasteiger partial charge in [-0.15, -0.1) is 0 Å². The highest BCUT2D eigenvalue weighted by Gasteiger charge is 2.33. The molecular formula is C10H20O2. The van der Waals surface area contributed by atoms with Crippen molar-refractivity contribution in [1.82, 2.24) is 0 Å². The van der Waals surface area contributed by atoms with Gasteiger partial charge in [0.1, 0.15) is 0 Å². The van der Waals surface area contributed by atoms with Gasteiger partial charge < -0.3 is 10.2 Å². The molecule has 0 aliphatic heterocycles. The Balaban J connectivity index is 2.47. The molecule has 0 aromatic carbocycles. The molecule has 0 amide bonds. The van der Waals surface area contributed by atoms with Gasteiger partial charge in [-0.1, -0.05) is 13.8 Å². The van der Waals surface area contributed by atoms with Gasteiger partial charge in [-0.05, 0) is 37.0 Å². The Bertz CT molecular complexity index is 143. The number of aliphatic hydroxyl groups excluding tert-OH is 2. The number of rotatable bonds is 2. The van der Waals surface area contributed by atoms with Crippen LogP contribution in [-0.2, 0) is 0 Å². The van der Waals surface area contributed by atoms with Gasteiger partial charge in [0.2, 0.25) is 0 Å². The van der Waals surface area contributed by atoms with Crippen LogP contribution in [0.3, 0.4) is 0 Å². The predicted octanol–water partition coefficient (Wildman–Crippen LogP) is 1.56. The van der Waals surface area contributed by atoms with Crippen LogP contribution in [0, 0.1) is 11.3 Å².